The second kappa shape index (κ2) is 13.6. The third kappa shape index (κ3) is 8.94. The fourth-order valence-corrected chi connectivity index (χ4v) is 2.94. The van der Waals surface area contributed by atoms with E-state index in [2.05, 4.69) is 46.3 Å². The van der Waals surface area contributed by atoms with Crippen molar-refractivity contribution in [3.8, 4) is 5.75 Å². The second-order valence-corrected chi connectivity index (χ2v) is 7.29. The number of hydrogen-bond donors (Lipinski definition) is 1. The maximum absolute atomic E-state index is 6.20. The van der Waals surface area contributed by atoms with Crippen molar-refractivity contribution in [2.45, 2.75) is 19.6 Å². The van der Waals surface area contributed by atoms with Gasteiger partial charge < -0.3 is 15.0 Å². The Morgan fingerprint density at radius 2 is 1.81 bits per heavy atom. The molecule has 0 bridgehead atoms. The normalized spacial score (nSPS) is 10.2. The van der Waals surface area contributed by atoms with Gasteiger partial charge in [-0.1, -0.05) is 45.7 Å². The Kier molecular flexibility index (Phi) is 13.4. The van der Waals surface area contributed by atoms with Crippen LogP contribution in [-0.2, 0) is 13.2 Å². The number of ether oxygens (including phenoxy) is 1. The summed E-state index contributed by atoms with van der Waals surface area (Å²) in [7, 11) is 4.18. The third-order valence-corrected chi connectivity index (χ3v) is 4.50. The van der Waals surface area contributed by atoms with Crippen LogP contribution in [0, 0.1) is 0 Å². The van der Waals surface area contributed by atoms with E-state index >= 15 is 0 Å². The molecule has 0 spiro atoms. The standard InChI is InChI=1S/C19H24BrClN2O.2ClH/c1-23(2)11-5-10-22-13-16-12-17(20)8-9-19(16)24-14-15-6-3-4-7-18(15)21;;/h3-4,6-9,12,22H,5,10-11,13-14H2,1-2H3;2*1H. The van der Waals surface area contributed by atoms with Crippen LogP contribution in [0.3, 0.4) is 0 Å². The fourth-order valence-electron chi connectivity index (χ4n) is 2.34. The van der Waals surface area contributed by atoms with Gasteiger partial charge in [-0.2, -0.15) is 0 Å². The lowest BCUT2D eigenvalue weighted by molar-refractivity contribution is 0.302. The predicted molar refractivity (Wildman–Crippen MR) is 119 cm³/mol. The van der Waals surface area contributed by atoms with Crippen LogP contribution >= 0.6 is 52.3 Å². The fraction of sp³-hybridized carbons (Fsp3) is 0.368. The Bertz CT molecular complexity index is 656. The van der Waals surface area contributed by atoms with Crippen LogP contribution in [0.2, 0.25) is 5.02 Å². The molecule has 26 heavy (non-hydrogen) atoms. The van der Waals surface area contributed by atoms with Crippen LogP contribution in [0.5, 0.6) is 5.75 Å². The molecule has 2 rings (SSSR count). The molecule has 0 aromatic heterocycles. The summed E-state index contributed by atoms with van der Waals surface area (Å²) in [6, 6.07) is 13.9. The molecule has 7 heteroatoms. The molecular formula is C19H26BrCl3N2O. The van der Waals surface area contributed by atoms with Crippen molar-refractivity contribution in [2.75, 3.05) is 27.2 Å². The van der Waals surface area contributed by atoms with E-state index in [4.69, 9.17) is 16.3 Å². The lowest BCUT2D eigenvalue weighted by Crippen LogP contribution is -2.21. The summed E-state index contributed by atoms with van der Waals surface area (Å²) >= 11 is 9.73. The molecule has 0 aliphatic rings. The molecule has 2 aromatic rings. The monoisotopic (exact) mass is 482 g/mol. The zero-order valence-corrected chi connectivity index (χ0v) is 19.0. The van der Waals surface area contributed by atoms with Gasteiger partial charge >= 0.3 is 0 Å². The first-order chi connectivity index (χ1) is 11.6. The molecule has 0 saturated heterocycles. The van der Waals surface area contributed by atoms with Crippen molar-refractivity contribution in [1.29, 1.82) is 0 Å². The van der Waals surface area contributed by atoms with Crippen LogP contribution in [0.4, 0.5) is 0 Å². The van der Waals surface area contributed by atoms with Crippen molar-refractivity contribution in [2.24, 2.45) is 0 Å². The van der Waals surface area contributed by atoms with E-state index in [0.29, 0.717) is 6.61 Å². The topological polar surface area (TPSA) is 24.5 Å². The van der Waals surface area contributed by atoms with Crippen molar-refractivity contribution in [3.63, 3.8) is 0 Å². The molecule has 0 amide bonds. The lowest BCUT2D eigenvalue weighted by atomic mass is 10.2. The Balaban J connectivity index is 0.00000312. The zero-order chi connectivity index (χ0) is 17.4. The number of benzene rings is 2. The zero-order valence-electron chi connectivity index (χ0n) is 15.0. The van der Waals surface area contributed by atoms with Crippen LogP contribution in [0.15, 0.2) is 46.9 Å². The Morgan fingerprint density at radius 3 is 2.50 bits per heavy atom. The average Bonchev–Trinajstić information content (AvgIpc) is 2.55. The van der Waals surface area contributed by atoms with E-state index in [1.54, 1.807) is 0 Å². The molecule has 0 aliphatic heterocycles. The van der Waals surface area contributed by atoms with Crippen LogP contribution < -0.4 is 10.1 Å². The summed E-state index contributed by atoms with van der Waals surface area (Å²) in [6.07, 6.45) is 1.12. The van der Waals surface area contributed by atoms with Gasteiger partial charge in [0.2, 0.25) is 0 Å². The summed E-state index contributed by atoms with van der Waals surface area (Å²) in [5.41, 5.74) is 2.13. The van der Waals surface area contributed by atoms with Gasteiger partial charge in [0.15, 0.2) is 0 Å². The van der Waals surface area contributed by atoms with E-state index in [0.717, 1.165) is 52.4 Å². The summed E-state index contributed by atoms with van der Waals surface area (Å²) in [6.45, 7) is 3.32. The first-order valence-electron chi connectivity index (χ1n) is 8.06. The van der Waals surface area contributed by atoms with Gasteiger partial charge in [0, 0.05) is 27.2 Å². The summed E-state index contributed by atoms with van der Waals surface area (Å²) in [5, 5.41) is 4.21. The predicted octanol–water partition coefficient (Wildman–Crippen LogP) is 5.57. The molecule has 0 fully saturated rings. The molecule has 0 saturated carbocycles. The Hall–Kier alpha value is -0.490. The smallest absolute Gasteiger partial charge is 0.124 e. The summed E-state index contributed by atoms with van der Waals surface area (Å²) < 4.78 is 7.05. The van der Waals surface area contributed by atoms with Gasteiger partial charge in [0.25, 0.3) is 0 Å². The Morgan fingerprint density at radius 1 is 1.08 bits per heavy atom. The molecular weight excluding hydrogens is 458 g/mol. The van der Waals surface area contributed by atoms with E-state index < -0.39 is 0 Å². The number of nitrogens with zero attached hydrogens (tertiary/aromatic N) is 1. The van der Waals surface area contributed by atoms with Gasteiger partial charge in [-0.25, -0.2) is 0 Å². The minimum Gasteiger partial charge on any atom is -0.489 e. The number of nitrogens with one attached hydrogen (secondary N) is 1. The minimum atomic E-state index is 0. The van der Waals surface area contributed by atoms with Crippen LogP contribution in [0.25, 0.3) is 0 Å². The first-order valence-corrected chi connectivity index (χ1v) is 9.23. The van der Waals surface area contributed by atoms with Gasteiger partial charge in [-0.05, 0) is 57.9 Å². The minimum absolute atomic E-state index is 0. The van der Waals surface area contributed by atoms with Crippen molar-refractivity contribution in [1.82, 2.24) is 10.2 Å². The second-order valence-electron chi connectivity index (χ2n) is 5.97. The van der Waals surface area contributed by atoms with E-state index in [1.807, 2.05) is 36.4 Å². The molecule has 0 aliphatic carbocycles. The molecule has 146 valence electrons. The van der Waals surface area contributed by atoms with E-state index in [-0.39, 0.29) is 24.8 Å². The first kappa shape index (κ1) is 25.5. The van der Waals surface area contributed by atoms with Crippen molar-refractivity contribution in [3.05, 3.63) is 63.1 Å². The van der Waals surface area contributed by atoms with Crippen LogP contribution in [0.1, 0.15) is 17.5 Å². The Labute approximate surface area is 182 Å². The number of hydrogen-bond acceptors (Lipinski definition) is 3. The maximum atomic E-state index is 6.20. The molecule has 0 atom stereocenters. The molecule has 3 nitrogen and oxygen atoms in total. The SMILES string of the molecule is CN(C)CCCNCc1cc(Br)ccc1OCc1ccccc1Cl.Cl.Cl. The average molecular weight is 485 g/mol. The number of halogens is 4. The highest BCUT2D eigenvalue weighted by atomic mass is 79.9. The molecule has 1 N–H and O–H groups in total. The van der Waals surface area contributed by atoms with Gasteiger partial charge in [0.1, 0.15) is 12.4 Å². The van der Waals surface area contributed by atoms with Crippen molar-refractivity contribution < 1.29 is 4.74 Å². The van der Waals surface area contributed by atoms with Gasteiger partial charge in [0.05, 0.1) is 0 Å². The maximum Gasteiger partial charge on any atom is 0.124 e. The largest absolute Gasteiger partial charge is 0.489 e. The van der Waals surface area contributed by atoms with Crippen molar-refractivity contribution >= 4 is 52.3 Å². The third-order valence-electron chi connectivity index (χ3n) is 3.64. The molecule has 0 unspecified atom stereocenters. The molecule has 0 radical (unpaired) electrons. The summed E-state index contributed by atoms with van der Waals surface area (Å²) in [5.74, 6) is 0.887. The van der Waals surface area contributed by atoms with E-state index in [1.165, 1.54) is 0 Å². The van der Waals surface area contributed by atoms with Gasteiger partial charge in [-0.15, -0.1) is 24.8 Å². The highest BCUT2D eigenvalue weighted by Gasteiger charge is 2.07. The highest BCUT2D eigenvalue weighted by molar-refractivity contribution is 9.10. The highest BCUT2D eigenvalue weighted by Crippen LogP contribution is 2.25. The summed E-state index contributed by atoms with van der Waals surface area (Å²) in [4.78, 5) is 2.19. The molecule has 2 aromatic carbocycles. The van der Waals surface area contributed by atoms with E-state index in [9.17, 15) is 0 Å². The quantitative estimate of drug-likeness (QED) is 0.471. The van der Waals surface area contributed by atoms with Crippen LogP contribution in [-0.4, -0.2) is 32.1 Å². The molecule has 0 heterocycles. The van der Waals surface area contributed by atoms with Gasteiger partial charge in [-0.3, -0.25) is 0 Å². The number of rotatable bonds is 9. The lowest BCUT2D eigenvalue weighted by Gasteiger charge is -2.14.